The highest BCUT2D eigenvalue weighted by Gasteiger charge is 2.45. The van der Waals surface area contributed by atoms with Gasteiger partial charge in [0.1, 0.15) is 5.82 Å². The molecule has 1 saturated heterocycles. The normalized spacial score (nSPS) is 21.1. The molecule has 2 N–H and O–H groups in total. The first-order valence-electron chi connectivity index (χ1n) is 14.4. The van der Waals surface area contributed by atoms with E-state index in [0.717, 1.165) is 11.8 Å². The Kier molecular flexibility index (Phi) is 10.6. The van der Waals surface area contributed by atoms with Gasteiger partial charge in [-0.15, -0.1) is 0 Å². The molecule has 1 saturated carbocycles. The Hall–Kier alpha value is -2.60. The van der Waals surface area contributed by atoms with E-state index in [2.05, 4.69) is 15.6 Å². The lowest BCUT2D eigenvalue weighted by molar-refractivity contribution is -0.121. The number of amides is 1. The third kappa shape index (κ3) is 7.48. The molecule has 9 nitrogen and oxygen atoms in total. The first-order valence-corrected chi connectivity index (χ1v) is 16.3. The minimum absolute atomic E-state index is 0.0532. The number of benzene rings is 1. The summed E-state index contributed by atoms with van der Waals surface area (Å²) in [5.74, 6) is -1.34. The van der Waals surface area contributed by atoms with E-state index in [1.807, 2.05) is 32.9 Å². The number of alkyl carbamates (subject to hydrolysis) is 1. The second-order valence-electron chi connectivity index (χ2n) is 11.6. The number of aromatic nitrogens is 1. The van der Waals surface area contributed by atoms with Crippen LogP contribution >= 0.6 is 11.6 Å². The van der Waals surface area contributed by atoms with Gasteiger partial charge in [0.15, 0.2) is 5.78 Å². The lowest BCUT2D eigenvalue weighted by Gasteiger charge is -2.40. The second kappa shape index (κ2) is 13.8. The number of hydrogen-bond acceptors (Lipinski definition) is 7. The van der Waals surface area contributed by atoms with Crippen LogP contribution in [0.25, 0.3) is 0 Å². The fraction of sp³-hybridized carbons (Fsp3) is 0.567. The van der Waals surface area contributed by atoms with Crippen LogP contribution in [0.4, 0.5) is 9.18 Å². The molecule has 0 unspecified atom stereocenters. The van der Waals surface area contributed by atoms with Crippen molar-refractivity contribution >= 4 is 33.5 Å². The number of piperazine rings is 1. The number of nitrogens with zero attached hydrogens (tertiary/aromatic N) is 2. The van der Waals surface area contributed by atoms with Crippen molar-refractivity contribution in [2.75, 3.05) is 20.2 Å². The first kappa shape index (κ1) is 32.3. The second-order valence-corrected chi connectivity index (χ2v) is 14.2. The van der Waals surface area contributed by atoms with E-state index < -0.39 is 33.9 Å². The lowest BCUT2D eigenvalue weighted by atomic mass is 9.79. The quantitative estimate of drug-likeness (QED) is 0.364. The number of ether oxygens (including phenoxy) is 1. The Labute approximate surface area is 252 Å². The Morgan fingerprint density at radius 3 is 2.50 bits per heavy atom. The van der Waals surface area contributed by atoms with Crippen molar-refractivity contribution in [3.63, 3.8) is 0 Å². The molecule has 0 spiro atoms. The van der Waals surface area contributed by atoms with Crippen LogP contribution in [0.2, 0.25) is 5.02 Å². The van der Waals surface area contributed by atoms with E-state index >= 15 is 4.39 Å². The average Bonchev–Trinajstić information content (AvgIpc) is 3.79. The molecule has 42 heavy (non-hydrogen) atoms. The summed E-state index contributed by atoms with van der Waals surface area (Å²) in [6, 6.07) is 5.60. The topological polar surface area (TPSA) is 118 Å². The van der Waals surface area contributed by atoms with Gasteiger partial charge in [-0.1, -0.05) is 37.6 Å². The zero-order valence-electron chi connectivity index (χ0n) is 24.5. The fourth-order valence-electron chi connectivity index (χ4n) is 5.97. The molecule has 4 rings (SSSR count). The molecule has 2 heterocycles. The third-order valence-electron chi connectivity index (χ3n) is 8.18. The molecule has 2 fully saturated rings. The number of nitrogens with one attached hydrogen (secondary N) is 2. The Bertz CT molecular complexity index is 1370. The SMILES string of the molecule is COC(=O)N[C@H](C(=O)Cc1cncc(F)c1CC[C@H]1CNC[C@H](C)N1S(=O)(=O)C1CC1)[C@@H](c1ccc(Cl)cc1)C(C)C. The summed E-state index contributed by atoms with van der Waals surface area (Å²) in [5, 5.41) is 6.22. The number of rotatable bonds is 12. The third-order valence-corrected chi connectivity index (χ3v) is 11.0. The van der Waals surface area contributed by atoms with Crippen LogP contribution in [-0.2, 0) is 32.4 Å². The molecule has 12 heteroatoms. The molecule has 0 radical (unpaired) electrons. The van der Waals surface area contributed by atoms with Gasteiger partial charge in [-0.3, -0.25) is 9.78 Å². The van der Waals surface area contributed by atoms with E-state index in [4.69, 9.17) is 16.3 Å². The van der Waals surface area contributed by atoms with Gasteiger partial charge < -0.3 is 15.4 Å². The molecule has 0 bridgehead atoms. The molecule has 1 aromatic heterocycles. The number of halogens is 2. The Balaban J connectivity index is 1.58. The van der Waals surface area contributed by atoms with Crippen LogP contribution < -0.4 is 10.6 Å². The largest absolute Gasteiger partial charge is 0.453 e. The van der Waals surface area contributed by atoms with Gasteiger partial charge in [0, 0.05) is 48.7 Å². The molecule has 1 amide bonds. The molecule has 1 aromatic carbocycles. The number of hydrogen-bond donors (Lipinski definition) is 2. The van der Waals surface area contributed by atoms with E-state index in [9.17, 15) is 18.0 Å². The molecule has 1 aliphatic carbocycles. The maximum Gasteiger partial charge on any atom is 0.407 e. The van der Waals surface area contributed by atoms with Crippen LogP contribution in [0.1, 0.15) is 62.6 Å². The van der Waals surface area contributed by atoms with Crippen molar-refractivity contribution in [2.24, 2.45) is 5.92 Å². The van der Waals surface area contributed by atoms with Gasteiger partial charge in [0.2, 0.25) is 10.0 Å². The highest BCUT2D eigenvalue weighted by Crippen LogP contribution is 2.35. The molecular formula is C30H40ClFN4O5S. The molecule has 2 aliphatic rings. The van der Waals surface area contributed by atoms with Crippen LogP contribution in [0.3, 0.4) is 0 Å². The van der Waals surface area contributed by atoms with Gasteiger partial charge in [-0.2, -0.15) is 4.31 Å². The summed E-state index contributed by atoms with van der Waals surface area (Å²) >= 11 is 6.09. The predicted molar refractivity (Wildman–Crippen MR) is 159 cm³/mol. The molecular weight excluding hydrogens is 583 g/mol. The van der Waals surface area contributed by atoms with Crippen molar-refractivity contribution in [3.05, 3.63) is 64.2 Å². The van der Waals surface area contributed by atoms with Crippen LogP contribution in [0.15, 0.2) is 36.7 Å². The van der Waals surface area contributed by atoms with Gasteiger partial charge >= 0.3 is 6.09 Å². The van der Waals surface area contributed by atoms with Crippen molar-refractivity contribution in [2.45, 2.75) is 82.2 Å². The number of carbonyl (C=O) groups excluding carboxylic acids is 2. The maximum atomic E-state index is 15.2. The van der Waals surface area contributed by atoms with Crippen molar-refractivity contribution in [1.29, 1.82) is 0 Å². The monoisotopic (exact) mass is 622 g/mol. The number of carbonyl (C=O) groups is 2. The summed E-state index contributed by atoms with van der Waals surface area (Å²) in [6.07, 6.45) is 3.62. The standard InChI is InChI=1S/C30H40ClFN4O5S/c1-18(2)28(20-5-7-22(31)8-6-20)29(35-30(38)41-4)27(37)13-21-15-34-17-26(32)25(21)12-9-23-16-33-14-19(3)36(23)42(39,40)24-10-11-24/h5-8,15,17-19,23-24,28-29,33H,9-14,16H2,1-4H3,(H,35,38)/t19-,23-,28+,29+/m0/s1. The Morgan fingerprint density at radius 2 is 1.88 bits per heavy atom. The number of sulfonamides is 1. The summed E-state index contributed by atoms with van der Waals surface area (Å²) in [6.45, 7) is 6.82. The molecule has 230 valence electrons. The van der Waals surface area contributed by atoms with E-state index in [-0.39, 0.29) is 41.9 Å². The van der Waals surface area contributed by atoms with E-state index in [1.165, 1.54) is 13.3 Å². The summed E-state index contributed by atoms with van der Waals surface area (Å²) in [5.41, 5.74) is 1.55. The zero-order valence-corrected chi connectivity index (χ0v) is 26.1. The molecule has 4 atom stereocenters. The van der Waals surface area contributed by atoms with Crippen molar-refractivity contribution in [3.8, 4) is 0 Å². The molecule has 2 aromatic rings. The summed E-state index contributed by atoms with van der Waals surface area (Å²) in [4.78, 5) is 30.2. The van der Waals surface area contributed by atoms with Crippen molar-refractivity contribution in [1.82, 2.24) is 19.9 Å². The smallest absolute Gasteiger partial charge is 0.407 e. The number of ketones is 1. The highest BCUT2D eigenvalue weighted by molar-refractivity contribution is 7.90. The van der Waals surface area contributed by atoms with Crippen LogP contribution in [-0.4, -0.2) is 73.2 Å². The van der Waals surface area contributed by atoms with Gasteiger partial charge in [0.05, 0.1) is 24.6 Å². The van der Waals surface area contributed by atoms with Gasteiger partial charge in [-0.25, -0.2) is 17.6 Å². The van der Waals surface area contributed by atoms with E-state index in [1.54, 1.807) is 16.4 Å². The van der Waals surface area contributed by atoms with Crippen LogP contribution in [0, 0.1) is 11.7 Å². The fourth-order valence-corrected chi connectivity index (χ4v) is 8.34. The minimum atomic E-state index is -3.43. The van der Waals surface area contributed by atoms with Gasteiger partial charge in [-0.05, 0) is 67.3 Å². The minimum Gasteiger partial charge on any atom is -0.453 e. The summed E-state index contributed by atoms with van der Waals surface area (Å²) < 4.78 is 48.1. The lowest BCUT2D eigenvalue weighted by Crippen LogP contribution is -2.59. The molecule has 1 aliphatic heterocycles. The zero-order chi connectivity index (χ0) is 30.6. The van der Waals surface area contributed by atoms with Gasteiger partial charge in [0.25, 0.3) is 0 Å². The number of Topliss-reactive ketones (excluding diaryl/α,β-unsaturated/α-hetero) is 1. The van der Waals surface area contributed by atoms with Crippen LogP contribution in [0.5, 0.6) is 0 Å². The number of methoxy groups -OCH3 is 1. The predicted octanol–water partition coefficient (Wildman–Crippen LogP) is 4.24. The van der Waals surface area contributed by atoms with Crippen molar-refractivity contribution < 1.29 is 27.1 Å². The first-order chi connectivity index (χ1) is 19.9. The average molecular weight is 623 g/mol. The maximum absolute atomic E-state index is 15.2. The Morgan fingerprint density at radius 1 is 1.19 bits per heavy atom. The van der Waals surface area contributed by atoms with E-state index in [0.29, 0.717) is 48.5 Å². The summed E-state index contributed by atoms with van der Waals surface area (Å²) in [7, 11) is -2.20. The number of pyridine rings is 1. The highest BCUT2D eigenvalue weighted by atomic mass is 35.5.